The Kier molecular flexibility index (Phi) is 3.54. The van der Waals surface area contributed by atoms with Gasteiger partial charge in [0.05, 0.1) is 12.0 Å². The van der Waals surface area contributed by atoms with E-state index < -0.39 is 6.10 Å². The van der Waals surface area contributed by atoms with Crippen molar-refractivity contribution < 1.29 is 9.53 Å². The number of ether oxygens (including phenoxy) is 1. The topological polar surface area (TPSA) is 79.9 Å². The van der Waals surface area contributed by atoms with Crippen molar-refractivity contribution in [3.8, 4) is 0 Å². The van der Waals surface area contributed by atoms with Crippen LogP contribution in [0.15, 0.2) is 30.6 Å². The number of amides is 1. The van der Waals surface area contributed by atoms with E-state index in [-0.39, 0.29) is 5.91 Å². The van der Waals surface area contributed by atoms with Crippen molar-refractivity contribution in [2.75, 3.05) is 11.9 Å². The molecule has 4 rings (SSSR count). The Labute approximate surface area is 139 Å². The van der Waals surface area contributed by atoms with Crippen LogP contribution in [0.3, 0.4) is 0 Å². The number of H-pyrrole nitrogens is 1. The lowest BCUT2D eigenvalue weighted by Gasteiger charge is -2.25. The van der Waals surface area contributed by atoms with Gasteiger partial charge in [-0.2, -0.15) is 0 Å². The SMILES string of the molecule is Cc1[nH]c2ncnc(NC(=O)[C@@H]3OCCc4ccccc43)c2c1C. The third-order valence-corrected chi connectivity index (χ3v) is 4.56. The van der Waals surface area contributed by atoms with Crippen LogP contribution in [0.5, 0.6) is 0 Å². The van der Waals surface area contributed by atoms with Crippen LogP contribution in [0, 0.1) is 13.8 Å². The maximum absolute atomic E-state index is 12.8. The van der Waals surface area contributed by atoms with E-state index in [1.165, 1.54) is 6.33 Å². The van der Waals surface area contributed by atoms with Crippen LogP contribution in [-0.4, -0.2) is 27.5 Å². The predicted molar refractivity (Wildman–Crippen MR) is 90.8 cm³/mol. The molecule has 2 N–H and O–H groups in total. The first-order valence-electron chi connectivity index (χ1n) is 7.95. The molecular formula is C18H18N4O2. The highest BCUT2D eigenvalue weighted by Crippen LogP contribution is 2.30. The molecule has 2 aromatic heterocycles. The molecule has 3 heterocycles. The van der Waals surface area contributed by atoms with Crippen molar-refractivity contribution >= 4 is 22.8 Å². The van der Waals surface area contributed by atoms with Crippen LogP contribution < -0.4 is 5.32 Å². The van der Waals surface area contributed by atoms with Crippen LogP contribution >= 0.6 is 0 Å². The number of rotatable bonds is 2. The smallest absolute Gasteiger partial charge is 0.259 e. The molecule has 6 nitrogen and oxygen atoms in total. The van der Waals surface area contributed by atoms with Gasteiger partial charge in [-0.05, 0) is 37.0 Å². The first kappa shape index (κ1) is 14.8. The van der Waals surface area contributed by atoms with Gasteiger partial charge in [-0.3, -0.25) is 4.79 Å². The zero-order valence-electron chi connectivity index (χ0n) is 13.6. The van der Waals surface area contributed by atoms with Gasteiger partial charge in [-0.25, -0.2) is 9.97 Å². The normalized spacial score (nSPS) is 16.8. The predicted octanol–water partition coefficient (Wildman–Crippen LogP) is 2.83. The Hall–Kier alpha value is -2.73. The van der Waals surface area contributed by atoms with E-state index in [9.17, 15) is 4.79 Å². The van der Waals surface area contributed by atoms with Gasteiger partial charge < -0.3 is 15.0 Å². The fourth-order valence-electron chi connectivity index (χ4n) is 3.18. The molecule has 0 saturated heterocycles. The molecule has 1 amide bonds. The Bertz CT molecular complexity index is 932. The van der Waals surface area contributed by atoms with Gasteiger partial charge in [0, 0.05) is 5.69 Å². The summed E-state index contributed by atoms with van der Waals surface area (Å²) < 4.78 is 5.72. The molecule has 0 bridgehead atoms. The summed E-state index contributed by atoms with van der Waals surface area (Å²) in [6, 6.07) is 7.90. The van der Waals surface area contributed by atoms with Crippen molar-refractivity contribution in [2.45, 2.75) is 26.4 Å². The number of anilines is 1. The number of hydrogen-bond acceptors (Lipinski definition) is 4. The molecule has 0 fully saturated rings. The zero-order valence-corrected chi connectivity index (χ0v) is 13.6. The van der Waals surface area contributed by atoms with Crippen LogP contribution in [-0.2, 0) is 16.0 Å². The van der Waals surface area contributed by atoms with Gasteiger partial charge in [-0.1, -0.05) is 24.3 Å². The molecule has 0 spiro atoms. The fraction of sp³-hybridized carbons (Fsp3) is 0.278. The summed E-state index contributed by atoms with van der Waals surface area (Å²) in [4.78, 5) is 24.5. The summed E-state index contributed by atoms with van der Waals surface area (Å²) in [6.07, 6.45) is 1.66. The van der Waals surface area contributed by atoms with Crippen LogP contribution in [0.1, 0.15) is 28.5 Å². The Balaban J connectivity index is 1.69. The van der Waals surface area contributed by atoms with Crippen LogP contribution in [0.4, 0.5) is 5.82 Å². The molecule has 6 heteroatoms. The molecule has 3 aromatic rings. The molecule has 1 atom stereocenters. The number of nitrogens with zero attached hydrogens (tertiary/aromatic N) is 2. The summed E-state index contributed by atoms with van der Waals surface area (Å²) in [6.45, 7) is 4.50. The molecular weight excluding hydrogens is 304 g/mol. The van der Waals surface area contributed by atoms with E-state index in [0.717, 1.165) is 39.8 Å². The van der Waals surface area contributed by atoms with E-state index in [2.05, 4.69) is 20.3 Å². The minimum atomic E-state index is -0.611. The quantitative estimate of drug-likeness (QED) is 0.760. The molecule has 0 unspecified atom stereocenters. The van der Waals surface area contributed by atoms with Crippen molar-refractivity contribution in [2.24, 2.45) is 0 Å². The summed E-state index contributed by atoms with van der Waals surface area (Å²) in [5.41, 5.74) is 4.85. The Morgan fingerprint density at radius 1 is 1.29 bits per heavy atom. The number of carbonyl (C=O) groups is 1. The lowest BCUT2D eigenvalue weighted by atomic mass is 9.97. The zero-order chi connectivity index (χ0) is 16.7. The number of hydrogen-bond donors (Lipinski definition) is 2. The molecule has 122 valence electrons. The van der Waals surface area contributed by atoms with Gasteiger partial charge in [0.25, 0.3) is 5.91 Å². The lowest BCUT2D eigenvalue weighted by molar-refractivity contribution is -0.128. The number of carbonyl (C=O) groups excluding carboxylic acids is 1. The first-order valence-corrected chi connectivity index (χ1v) is 7.95. The second kappa shape index (κ2) is 5.72. The highest BCUT2D eigenvalue weighted by molar-refractivity contribution is 6.02. The first-order chi connectivity index (χ1) is 11.6. The number of aryl methyl sites for hydroxylation is 2. The van der Waals surface area contributed by atoms with Crippen molar-refractivity contribution in [3.05, 3.63) is 53.0 Å². The highest BCUT2D eigenvalue weighted by atomic mass is 16.5. The second-order valence-electron chi connectivity index (χ2n) is 6.01. The van der Waals surface area contributed by atoms with E-state index in [0.29, 0.717) is 12.4 Å². The molecule has 0 radical (unpaired) electrons. The molecule has 1 aromatic carbocycles. The number of fused-ring (bicyclic) bond motifs is 2. The number of aromatic amines is 1. The highest BCUT2D eigenvalue weighted by Gasteiger charge is 2.28. The van der Waals surface area contributed by atoms with Gasteiger partial charge >= 0.3 is 0 Å². The maximum Gasteiger partial charge on any atom is 0.259 e. The monoisotopic (exact) mass is 322 g/mol. The standard InChI is InChI=1S/C18H18N4O2/c1-10-11(2)21-16-14(10)17(20-9-19-16)22-18(23)15-13-6-4-3-5-12(13)7-8-24-15/h3-6,9,15H,7-8H2,1-2H3,(H2,19,20,21,22,23)/t15-/m1/s1. The van der Waals surface area contributed by atoms with Gasteiger partial charge in [0.2, 0.25) is 0 Å². The molecule has 0 saturated carbocycles. The average Bonchev–Trinajstić information content (AvgIpc) is 2.89. The summed E-state index contributed by atoms with van der Waals surface area (Å²) in [7, 11) is 0. The Morgan fingerprint density at radius 2 is 2.12 bits per heavy atom. The summed E-state index contributed by atoms with van der Waals surface area (Å²) in [5, 5.41) is 3.75. The molecule has 1 aliphatic heterocycles. The minimum absolute atomic E-state index is 0.208. The largest absolute Gasteiger partial charge is 0.363 e. The Morgan fingerprint density at radius 3 is 3.00 bits per heavy atom. The third kappa shape index (κ3) is 2.35. The van der Waals surface area contributed by atoms with E-state index in [1.54, 1.807) is 0 Å². The summed E-state index contributed by atoms with van der Waals surface area (Å²) >= 11 is 0. The van der Waals surface area contributed by atoms with Gasteiger partial charge in [0.1, 0.15) is 17.8 Å². The number of benzene rings is 1. The van der Waals surface area contributed by atoms with E-state index in [1.807, 2.05) is 38.1 Å². The van der Waals surface area contributed by atoms with Crippen molar-refractivity contribution in [3.63, 3.8) is 0 Å². The molecule has 1 aliphatic rings. The van der Waals surface area contributed by atoms with Gasteiger partial charge in [-0.15, -0.1) is 0 Å². The minimum Gasteiger partial charge on any atom is -0.363 e. The van der Waals surface area contributed by atoms with Crippen molar-refractivity contribution in [1.82, 2.24) is 15.0 Å². The van der Waals surface area contributed by atoms with Crippen LogP contribution in [0.25, 0.3) is 11.0 Å². The number of nitrogens with one attached hydrogen (secondary N) is 2. The van der Waals surface area contributed by atoms with E-state index in [4.69, 9.17) is 4.74 Å². The molecule has 24 heavy (non-hydrogen) atoms. The second-order valence-corrected chi connectivity index (χ2v) is 6.01. The fourth-order valence-corrected chi connectivity index (χ4v) is 3.18. The number of aromatic nitrogens is 3. The third-order valence-electron chi connectivity index (χ3n) is 4.56. The maximum atomic E-state index is 12.8. The lowest BCUT2D eigenvalue weighted by Crippen LogP contribution is -2.28. The average molecular weight is 322 g/mol. The summed E-state index contributed by atoms with van der Waals surface area (Å²) in [5.74, 6) is 0.305. The van der Waals surface area contributed by atoms with Crippen LogP contribution in [0.2, 0.25) is 0 Å². The molecule has 0 aliphatic carbocycles. The van der Waals surface area contributed by atoms with E-state index >= 15 is 0 Å². The van der Waals surface area contributed by atoms with Gasteiger partial charge in [0.15, 0.2) is 6.10 Å². The van der Waals surface area contributed by atoms with Crippen molar-refractivity contribution in [1.29, 1.82) is 0 Å².